The molecule has 0 aliphatic heterocycles. The Bertz CT molecular complexity index is 611. The maximum atomic E-state index is 12.9. The van der Waals surface area contributed by atoms with Gasteiger partial charge < -0.3 is 4.74 Å². The van der Waals surface area contributed by atoms with E-state index < -0.39 is 23.5 Å². The van der Waals surface area contributed by atoms with Gasteiger partial charge in [-0.1, -0.05) is 12.1 Å². The van der Waals surface area contributed by atoms with Crippen molar-refractivity contribution in [2.24, 2.45) is 0 Å². The number of carbonyl (C=O) groups is 2. The molecule has 1 atom stereocenters. The molecular formula is C15H12FNO3. The smallest absolute Gasteiger partial charge is 0.321 e. The number of hydrogen-bond donors (Lipinski definition) is 0. The van der Waals surface area contributed by atoms with Crippen molar-refractivity contribution in [1.29, 1.82) is 0 Å². The van der Waals surface area contributed by atoms with Crippen molar-refractivity contribution >= 4 is 11.8 Å². The van der Waals surface area contributed by atoms with Crippen LogP contribution < -0.4 is 0 Å². The van der Waals surface area contributed by atoms with Crippen LogP contribution in [0.5, 0.6) is 0 Å². The Morgan fingerprint density at radius 3 is 2.25 bits per heavy atom. The first-order chi connectivity index (χ1) is 9.63. The molecule has 0 fully saturated rings. The van der Waals surface area contributed by atoms with Gasteiger partial charge in [0.15, 0.2) is 5.78 Å². The molecule has 0 radical (unpaired) electrons. The Morgan fingerprint density at radius 1 is 1.10 bits per heavy atom. The van der Waals surface area contributed by atoms with Gasteiger partial charge >= 0.3 is 5.97 Å². The molecule has 1 aromatic heterocycles. The number of ether oxygens (including phenoxy) is 1. The number of pyridine rings is 1. The van der Waals surface area contributed by atoms with Crippen LogP contribution in [0.3, 0.4) is 0 Å². The third kappa shape index (κ3) is 2.88. The summed E-state index contributed by atoms with van der Waals surface area (Å²) in [5.41, 5.74) is 0.736. The zero-order chi connectivity index (χ0) is 14.5. The second kappa shape index (κ2) is 6.06. The van der Waals surface area contributed by atoms with E-state index in [2.05, 4.69) is 9.72 Å². The van der Waals surface area contributed by atoms with E-state index in [1.54, 1.807) is 0 Å². The van der Waals surface area contributed by atoms with Crippen LogP contribution in [0, 0.1) is 5.82 Å². The van der Waals surface area contributed by atoms with E-state index in [0.717, 1.165) is 0 Å². The van der Waals surface area contributed by atoms with E-state index in [4.69, 9.17) is 0 Å². The summed E-state index contributed by atoms with van der Waals surface area (Å²) in [5, 5.41) is 0. The third-order valence-electron chi connectivity index (χ3n) is 2.87. The Morgan fingerprint density at radius 2 is 1.70 bits per heavy atom. The van der Waals surface area contributed by atoms with Crippen LogP contribution in [0.2, 0.25) is 0 Å². The van der Waals surface area contributed by atoms with Crippen LogP contribution in [-0.2, 0) is 9.53 Å². The molecule has 0 amide bonds. The molecule has 0 saturated heterocycles. The largest absolute Gasteiger partial charge is 0.468 e. The fourth-order valence-electron chi connectivity index (χ4n) is 1.85. The molecule has 4 nitrogen and oxygen atoms in total. The number of carbonyl (C=O) groups excluding carboxylic acids is 2. The zero-order valence-electron chi connectivity index (χ0n) is 10.7. The van der Waals surface area contributed by atoms with Crippen LogP contribution in [-0.4, -0.2) is 23.8 Å². The number of esters is 1. The van der Waals surface area contributed by atoms with E-state index in [0.29, 0.717) is 11.1 Å². The molecule has 5 heteroatoms. The van der Waals surface area contributed by atoms with Crippen molar-refractivity contribution in [3.8, 4) is 0 Å². The fourth-order valence-corrected chi connectivity index (χ4v) is 1.85. The van der Waals surface area contributed by atoms with E-state index >= 15 is 0 Å². The molecule has 0 aliphatic rings. The summed E-state index contributed by atoms with van der Waals surface area (Å²) in [4.78, 5) is 28.1. The fraction of sp³-hybridized carbons (Fsp3) is 0.133. The summed E-state index contributed by atoms with van der Waals surface area (Å²) in [7, 11) is 1.21. The van der Waals surface area contributed by atoms with Crippen molar-refractivity contribution < 1.29 is 18.7 Å². The molecule has 0 saturated carbocycles. The maximum Gasteiger partial charge on any atom is 0.321 e. The molecule has 1 aromatic carbocycles. The Hall–Kier alpha value is -2.56. The molecule has 1 heterocycles. The van der Waals surface area contributed by atoms with Gasteiger partial charge in [0.1, 0.15) is 11.7 Å². The summed E-state index contributed by atoms with van der Waals surface area (Å²) in [6, 6.07) is 8.23. The van der Waals surface area contributed by atoms with Crippen molar-refractivity contribution in [3.63, 3.8) is 0 Å². The normalized spacial score (nSPS) is 11.7. The number of ketones is 1. The van der Waals surface area contributed by atoms with Gasteiger partial charge in [-0.2, -0.15) is 0 Å². The number of aromatic nitrogens is 1. The van der Waals surface area contributed by atoms with Crippen LogP contribution >= 0.6 is 0 Å². The van der Waals surface area contributed by atoms with E-state index in [1.165, 1.54) is 55.9 Å². The average Bonchev–Trinajstić information content (AvgIpc) is 2.50. The van der Waals surface area contributed by atoms with E-state index in [9.17, 15) is 14.0 Å². The quantitative estimate of drug-likeness (QED) is 0.487. The predicted octanol–water partition coefficient (Wildman–Crippen LogP) is 2.36. The molecule has 20 heavy (non-hydrogen) atoms. The Labute approximate surface area is 115 Å². The monoisotopic (exact) mass is 273 g/mol. The van der Waals surface area contributed by atoms with Gasteiger partial charge in [-0.15, -0.1) is 0 Å². The summed E-state index contributed by atoms with van der Waals surface area (Å²) in [6.07, 6.45) is 2.93. The number of methoxy groups -OCH3 is 1. The predicted molar refractivity (Wildman–Crippen MR) is 69.7 cm³/mol. The number of rotatable bonds is 4. The molecule has 0 bridgehead atoms. The lowest BCUT2D eigenvalue weighted by atomic mass is 9.91. The molecule has 0 N–H and O–H groups in total. The molecular weight excluding hydrogens is 261 g/mol. The molecule has 0 spiro atoms. The van der Waals surface area contributed by atoms with Gasteiger partial charge in [-0.3, -0.25) is 14.6 Å². The minimum absolute atomic E-state index is 0.347. The summed E-state index contributed by atoms with van der Waals surface area (Å²) >= 11 is 0. The van der Waals surface area contributed by atoms with Gasteiger partial charge in [0, 0.05) is 18.0 Å². The maximum absolute atomic E-state index is 12.9. The van der Waals surface area contributed by atoms with Crippen molar-refractivity contribution in [2.45, 2.75) is 5.92 Å². The molecule has 102 valence electrons. The average molecular weight is 273 g/mol. The lowest BCUT2D eigenvalue weighted by Gasteiger charge is -2.14. The van der Waals surface area contributed by atoms with Gasteiger partial charge in [-0.05, 0) is 29.8 Å². The second-order valence-corrected chi connectivity index (χ2v) is 4.11. The third-order valence-corrected chi connectivity index (χ3v) is 2.87. The topological polar surface area (TPSA) is 56.3 Å². The first-order valence-electron chi connectivity index (χ1n) is 5.91. The highest BCUT2D eigenvalue weighted by atomic mass is 19.1. The van der Waals surface area contributed by atoms with E-state index in [-0.39, 0.29) is 0 Å². The van der Waals surface area contributed by atoms with Crippen LogP contribution in [0.1, 0.15) is 21.8 Å². The van der Waals surface area contributed by atoms with Crippen molar-refractivity contribution in [1.82, 2.24) is 4.98 Å². The van der Waals surface area contributed by atoms with Crippen molar-refractivity contribution in [3.05, 3.63) is 65.7 Å². The molecule has 2 aromatic rings. The lowest BCUT2D eigenvalue weighted by Crippen LogP contribution is -2.23. The number of Topliss-reactive ketones (excluding diaryl/α,β-unsaturated/α-hetero) is 1. The SMILES string of the molecule is COC(=O)[C@@H](C(=O)c1ccncc1)c1ccc(F)cc1. The number of halogens is 1. The second-order valence-electron chi connectivity index (χ2n) is 4.11. The van der Waals surface area contributed by atoms with Crippen LogP contribution in [0.15, 0.2) is 48.8 Å². The summed E-state index contributed by atoms with van der Waals surface area (Å²) < 4.78 is 17.6. The number of nitrogens with zero attached hydrogens (tertiary/aromatic N) is 1. The first kappa shape index (κ1) is 13.9. The van der Waals surface area contributed by atoms with Gasteiger partial charge in [-0.25, -0.2) is 4.39 Å². The minimum Gasteiger partial charge on any atom is -0.468 e. The molecule has 0 unspecified atom stereocenters. The minimum atomic E-state index is -1.11. The highest BCUT2D eigenvalue weighted by Crippen LogP contribution is 2.22. The van der Waals surface area contributed by atoms with E-state index in [1.807, 2.05) is 0 Å². The summed E-state index contributed by atoms with van der Waals surface area (Å²) in [5.74, 6) is -2.64. The zero-order valence-corrected chi connectivity index (χ0v) is 10.7. The van der Waals surface area contributed by atoms with Gasteiger partial charge in [0.25, 0.3) is 0 Å². The molecule has 2 rings (SSSR count). The number of benzene rings is 1. The number of hydrogen-bond acceptors (Lipinski definition) is 4. The Balaban J connectivity index is 2.40. The highest BCUT2D eigenvalue weighted by molar-refractivity contribution is 6.12. The van der Waals surface area contributed by atoms with Gasteiger partial charge in [0.2, 0.25) is 0 Å². The van der Waals surface area contributed by atoms with Crippen molar-refractivity contribution in [2.75, 3.05) is 7.11 Å². The van der Waals surface area contributed by atoms with Crippen LogP contribution in [0.25, 0.3) is 0 Å². The first-order valence-corrected chi connectivity index (χ1v) is 5.91. The highest BCUT2D eigenvalue weighted by Gasteiger charge is 2.30. The standard InChI is InChI=1S/C15H12FNO3/c1-20-15(19)13(10-2-4-12(16)5-3-10)14(18)11-6-8-17-9-7-11/h2-9,13H,1H3/t13-/m1/s1. The lowest BCUT2D eigenvalue weighted by molar-refractivity contribution is -0.141. The van der Waals surface area contributed by atoms with Crippen LogP contribution in [0.4, 0.5) is 4.39 Å². The molecule has 0 aliphatic carbocycles. The van der Waals surface area contributed by atoms with Gasteiger partial charge in [0.05, 0.1) is 7.11 Å². The Kier molecular flexibility index (Phi) is 4.20. The summed E-state index contributed by atoms with van der Waals surface area (Å²) in [6.45, 7) is 0.